The number of carbonyl (C=O) groups excluding carboxylic acids is 2. The van der Waals surface area contributed by atoms with Crippen LogP contribution in [0.2, 0.25) is 0 Å². The van der Waals surface area contributed by atoms with Crippen LogP contribution in [-0.2, 0) is 9.59 Å². The van der Waals surface area contributed by atoms with E-state index in [9.17, 15) is 19.2 Å². The quantitative estimate of drug-likeness (QED) is 0.464. The molecule has 142 valence electrons. The molecule has 2 aromatic rings. The minimum atomic E-state index is -0.804. The molecule has 2 aromatic carbocycles. The number of amides is 2. The van der Waals surface area contributed by atoms with Crippen LogP contribution in [0.5, 0.6) is 0 Å². The van der Waals surface area contributed by atoms with Crippen molar-refractivity contribution in [2.75, 3.05) is 16.8 Å². The molecule has 1 heterocycles. The number of nitrogens with zero attached hydrogens (tertiary/aromatic N) is 2. The van der Waals surface area contributed by atoms with E-state index in [0.29, 0.717) is 17.8 Å². The molecule has 1 N–H and O–H groups in total. The molecule has 6 heteroatoms. The van der Waals surface area contributed by atoms with Gasteiger partial charge in [0.05, 0.1) is 16.9 Å². The standard InChI is InChI=1S/C22H20FN3O2/c1-2-3-8-13-26-19-12-7-4-9-15(19)20(22(26)28)16(14-24)21(27)25-18-11-6-5-10-17(18)23/h4-7,9-12H,2-3,8,13H2,1H3,(H,25,27)/b20-16-. The van der Waals surface area contributed by atoms with E-state index < -0.39 is 11.7 Å². The molecule has 0 aromatic heterocycles. The van der Waals surface area contributed by atoms with Crippen LogP contribution in [0, 0.1) is 17.1 Å². The van der Waals surface area contributed by atoms with Crippen LogP contribution in [0.1, 0.15) is 31.7 Å². The highest BCUT2D eigenvalue weighted by molar-refractivity contribution is 6.37. The van der Waals surface area contributed by atoms with E-state index in [1.165, 1.54) is 18.2 Å². The second-order valence-corrected chi connectivity index (χ2v) is 6.48. The molecule has 2 amide bonds. The molecule has 0 saturated heterocycles. The predicted molar refractivity (Wildman–Crippen MR) is 106 cm³/mol. The van der Waals surface area contributed by atoms with Gasteiger partial charge in [-0.25, -0.2) is 4.39 Å². The lowest BCUT2D eigenvalue weighted by atomic mass is 10.0. The average Bonchev–Trinajstić information content (AvgIpc) is 2.97. The normalized spacial score (nSPS) is 14.5. The Morgan fingerprint density at radius 1 is 1.14 bits per heavy atom. The zero-order chi connectivity index (χ0) is 20.1. The molecule has 0 unspecified atom stereocenters. The summed E-state index contributed by atoms with van der Waals surface area (Å²) in [6.07, 6.45) is 2.82. The third kappa shape index (κ3) is 3.65. The Morgan fingerprint density at radius 2 is 1.86 bits per heavy atom. The van der Waals surface area contributed by atoms with Gasteiger partial charge in [-0.1, -0.05) is 50.1 Å². The number of hydrogen-bond acceptors (Lipinski definition) is 3. The van der Waals surface area contributed by atoms with E-state index in [4.69, 9.17) is 0 Å². The Kier molecular flexibility index (Phi) is 5.85. The number of fused-ring (bicyclic) bond motifs is 1. The lowest BCUT2D eigenvalue weighted by Gasteiger charge is -2.16. The molecule has 5 nitrogen and oxygen atoms in total. The second kappa shape index (κ2) is 8.49. The number of para-hydroxylation sites is 2. The van der Waals surface area contributed by atoms with E-state index in [0.717, 1.165) is 19.3 Å². The molecule has 0 radical (unpaired) electrons. The van der Waals surface area contributed by atoms with Gasteiger partial charge in [-0.3, -0.25) is 9.59 Å². The van der Waals surface area contributed by atoms with Crippen LogP contribution in [0.15, 0.2) is 54.1 Å². The lowest BCUT2D eigenvalue weighted by Crippen LogP contribution is -2.28. The van der Waals surface area contributed by atoms with Gasteiger partial charge in [0.1, 0.15) is 17.5 Å². The molecule has 28 heavy (non-hydrogen) atoms. The van der Waals surface area contributed by atoms with Crippen molar-refractivity contribution in [2.45, 2.75) is 26.2 Å². The first-order chi connectivity index (χ1) is 13.6. The highest BCUT2D eigenvalue weighted by atomic mass is 19.1. The minimum Gasteiger partial charge on any atom is -0.319 e. The van der Waals surface area contributed by atoms with Gasteiger partial charge in [0.25, 0.3) is 11.8 Å². The molecule has 0 spiro atoms. The van der Waals surface area contributed by atoms with Crippen LogP contribution in [0.25, 0.3) is 5.57 Å². The third-order valence-corrected chi connectivity index (χ3v) is 4.62. The number of halogens is 1. The summed E-state index contributed by atoms with van der Waals surface area (Å²) in [5, 5.41) is 12.0. The maximum absolute atomic E-state index is 13.9. The molecule has 1 aliphatic rings. The SMILES string of the molecule is CCCCCN1C(=O)/C(=C(/C#N)C(=O)Nc2ccccc2F)c2ccccc21. The van der Waals surface area contributed by atoms with Crippen molar-refractivity contribution < 1.29 is 14.0 Å². The van der Waals surface area contributed by atoms with Crippen LogP contribution in [0.4, 0.5) is 15.8 Å². The monoisotopic (exact) mass is 377 g/mol. The topological polar surface area (TPSA) is 73.2 Å². The van der Waals surface area contributed by atoms with E-state index in [1.54, 1.807) is 29.2 Å². The summed E-state index contributed by atoms with van der Waals surface area (Å²) < 4.78 is 13.9. The van der Waals surface area contributed by atoms with Gasteiger partial charge in [0.15, 0.2) is 0 Å². The van der Waals surface area contributed by atoms with Crippen molar-refractivity contribution in [1.29, 1.82) is 5.26 Å². The Balaban J connectivity index is 1.99. The van der Waals surface area contributed by atoms with E-state index in [-0.39, 0.29) is 22.7 Å². The average molecular weight is 377 g/mol. The van der Waals surface area contributed by atoms with Crippen LogP contribution >= 0.6 is 0 Å². The van der Waals surface area contributed by atoms with Crippen LogP contribution in [-0.4, -0.2) is 18.4 Å². The molecule has 0 bridgehead atoms. The summed E-state index contributed by atoms with van der Waals surface area (Å²) in [4.78, 5) is 27.3. The van der Waals surface area contributed by atoms with Crippen LogP contribution < -0.4 is 10.2 Å². The zero-order valence-corrected chi connectivity index (χ0v) is 15.5. The van der Waals surface area contributed by atoms with E-state index >= 15 is 0 Å². The largest absolute Gasteiger partial charge is 0.319 e. The van der Waals surface area contributed by atoms with Gasteiger partial charge < -0.3 is 10.2 Å². The maximum atomic E-state index is 13.9. The minimum absolute atomic E-state index is 0.0422. The molecular weight excluding hydrogens is 357 g/mol. The van der Waals surface area contributed by atoms with Crippen molar-refractivity contribution >= 4 is 28.8 Å². The highest BCUT2D eigenvalue weighted by Gasteiger charge is 2.36. The number of carbonyl (C=O) groups is 2. The predicted octanol–water partition coefficient (Wildman–Crippen LogP) is 4.28. The van der Waals surface area contributed by atoms with Gasteiger partial charge in [-0.05, 0) is 24.6 Å². The first-order valence-electron chi connectivity index (χ1n) is 9.20. The maximum Gasteiger partial charge on any atom is 0.267 e. The van der Waals surface area contributed by atoms with E-state index in [1.807, 2.05) is 12.1 Å². The molecule has 0 saturated carbocycles. The molecule has 3 rings (SSSR count). The summed E-state index contributed by atoms with van der Waals surface area (Å²) in [7, 11) is 0. The van der Waals surface area contributed by atoms with Crippen LogP contribution in [0.3, 0.4) is 0 Å². The fourth-order valence-electron chi connectivity index (χ4n) is 3.23. The highest BCUT2D eigenvalue weighted by Crippen LogP contribution is 2.38. The molecule has 0 atom stereocenters. The number of rotatable bonds is 6. The molecular formula is C22H20FN3O2. The smallest absolute Gasteiger partial charge is 0.267 e. The molecule has 1 aliphatic heterocycles. The second-order valence-electron chi connectivity index (χ2n) is 6.48. The number of nitriles is 1. The number of benzene rings is 2. The summed E-state index contributed by atoms with van der Waals surface area (Å²) >= 11 is 0. The first-order valence-corrected chi connectivity index (χ1v) is 9.20. The lowest BCUT2D eigenvalue weighted by molar-refractivity contribution is -0.114. The van der Waals surface area contributed by atoms with Crippen molar-refractivity contribution in [2.24, 2.45) is 0 Å². The van der Waals surface area contributed by atoms with Gasteiger partial charge in [-0.15, -0.1) is 0 Å². The van der Waals surface area contributed by atoms with E-state index in [2.05, 4.69) is 12.2 Å². The number of unbranched alkanes of at least 4 members (excludes halogenated alkanes) is 2. The Morgan fingerprint density at radius 3 is 2.57 bits per heavy atom. The zero-order valence-electron chi connectivity index (χ0n) is 15.5. The summed E-state index contributed by atoms with van der Waals surface area (Å²) in [6.45, 7) is 2.59. The fourth-order valence-corrected chi connectivity index (χ4v) is 3.23. The van der Waals surface area contributed by atoms with Crippen molar-refractivity contribution in [3.8, 4) is 6.07 Å². The number of nitrogens with one attached hydrogen (secondary N) is 1. The van der Waals surface area contributed by atoms with Gasteiger partial charge in [0, 0.05) is 12.1 Å². The van der Waals surface area contributed by atoms with Gasteiger partial charge in [0.2, 0.25) is 0 Å². The summed E-state index contributed by atoms with van der Waals surface area (Å²) in [6, 6.07) is 14.6. The van der Waals surface area contributed by atoms with Crippen molar-refractivity contribution in [3.05, 3.63) is 65.5 Å². The van der Waals surface area contributed by atoms with Gasteiger partial charge in [-0.2, -0.15) is 5.26 Å². The molecule has 0 fully saturated rings. The molecule has 0 aliphatic carbocycles. The number of anilines is 2. The summed E-state index contributed by atoms with van der Waals surface area (Å²) in [5.41, 5.74) is 0.927. The Bertz CT molecular complexity index is 991. The Hall–Kier alpha value is -3.46. The Labute approximate surface area is 163 Å². The first kappa shape index (κ1) is 19.3. The third-order valence-electron chi connectivity index (χ3n) is 4.62. The number of hydrogen-bond donors (Lipinski definition) is 1. The summed E-state index contributed by atoms with van der Waals surface area (Å²) in [5.74, 6) is -1.80. The van der Waals surface area contributed by atoms with Crippen molar-refractivity contribution in [1.82, 2.24) is 0 Å². The van der Waals surface area contributed by atoms with Gasteiger partial charge >= 0.3 is 0 Å². The van der Waals surface area contributed by atoms with Crippen molar-refractivity contribution in [3.63, 3.8) is 0 Å². The fraction of sp³-hybridized carbons (Fsp3) is 0.227.